The Hall–Kier alpha value is -1.76. The van der Waals surface area contributed by atoms with Crippen molar-refractivity contribution in [2.45, 2.75) is 57.8 Å². The first-order chi connectivity index (χ1) is 12.1. The van der Waals surface area contributed by atoms with Gasteiger partial charge in [-0.3, -0.25) is 19.3 Å². The number of hydrogen-bond donors (Lipinski definition) is 1. The van der Waals surface area contributed by atoms with Crippen LogP contribution >= 0.6 is 11.3 Å². The van der Waals surface area contributed by atoms with Gasteiger partial charge in [0.2, 0.25) is 17.7 Å². The second kappa shape index (κ2) is 6.86. The number of likely N-dealkylation sites (tertiary alicyclic amines) is 1. The molecular formula is C18H23N3O3S. The Morgan fingerprint density at radius 3 is 2.44 bits per heavy atom. The smallest absolute Gasteiger partial charge is 0.246 e. The normalized spacial score (nSPS) is 26.2. The highest BCUT2D eigenvalue weighted by Crippen LogP contribution is 2.38. The van der Waals surface area contributed by atoms with Gasteiger partial charge in [-0.2, -0.15) is 0 Å². The number of rotatable bonds is 3. The lowest BCUT2D eigenvalue weighted by molar-refractivity contribution is -0.142. The molecule has 0 aromatic carbocycles. The summed E-state index contributed by atoms with van der Waals surface area (Å²) in [6.07, 6.45) is 9.05. The van der Waals surface area contributed by atoms with Gasteiger partial charge in [0.25, 0.3) is 0 Å². The molecule has 0 bridgehead atoms. The second-order valence-corrected chi connectivity index (χ2v) is 8.34. The van der Waals surface area contributed by atoms with E-state index < -0.39 is 0 Å². The fourth-order valence-corrected chi connectivity index (χ4v) is 5.34. The molecular weight excluding hydrogens is 338 g/mol. The lowest BCUT2D eigenvalue weighted by atomic mass is 9.81. The molecule has 1 saturated carbocycles. The zero-order valence-corrected chi connectivity index (χ0v) is 15.1. The predicted octanol–water partition coefficient (Wildman–Crippen LogP) is 2.53. The van der Waals surface area contributed by atoms with Crippen molar-refractivity contribution in [2.24, 2.45) is 11.8 Å². The lowest BCUT2D eigenvalue weighted by Crippen LogP contribution is -2.38. The number of carbonyl (C=O) groups excluding carboxylic acids is 3. The number of aromatic nitrogens is 1. The van der Waals surface area contributed by atoms with Crippen molar-refractivity contribution < 1.29 is 14.4 Å². The van der Waals surface area contributed by atoms with Crippen LogP contribution in [0.3, 0.4) is 0 Å². The maximum atomic E-state index is 12.4. The molecule has 3 aliphatic rings. The first-order valence-electron chi connectivity index (χ1n) is 9.27. The van der Waals surface area contributed by atoms with Crippen LogP contribution in [0.25, 0.3) is 0 Å². The Labute approximate surface area is 151 Å². The van der Waals surface area contributed by atoms with E-state index >= 15 is 0 Å². The van der Waals surface area contributed by atoms with E-state index in [1.54, 1.807) is 0 Å². The number of fused-ring (bicyclic) bond motifs is 2. The number of thiazole rings is 1. The van der Waals surface area contributed by atoms with E-state index in [-0.39, 0.29) is 36.1 Å². The Bertz CT molecular complexity index is 667. The molecule has 2 aliphatic carbocycles. The van der Waals surface area contributed by atoms with E-state index in [1.807, 2.05) is 0 Å². The van der Waals surface area contributed by atoms with Crippen LogP contribution in [0.2, 0.25) is 0 Å². The van der Waals surface area contributed by atoms with Crippen molar-refractivity contribution in [2.75, 3.05) is 11.9 Å². The molecule has 134 valence electrons. The summed E-state index contributed by atoms with van der Waals surface area (Å²) in [5, 5.41) is 3.38. The molecule has 1 aromatic rings. The van der Waals surface area contributed by atoms with Crippen molar-refractivity contribution in [1.82, 2.24) is 9.88 Å². The molecule has 1 N–H and O–H groups in total. The molecule has 6 nitrogen and oxygen atoms in total. The number of imide groups is 1. The Balaban J connectivity index is 1.40. The standard InChI is InChI=1S/C18H23N3O3S/c22-15(20-18-19-13-8-2-1-3-9-14(13)25-18)10-21-16(23)11-6-4-5-7-12(11)17(21)24/h11-12H,1-10H2,(H,19,20,22)/t11-,12-/m0/s1. The SMILES string of the molecule is O=C(CN1C(=O)[C@H]2CCCC[C@@H]2C1=O)Nc1nc2c(s1)CCCCC2. The van der Waals surface area contributed by atoms with Gasteiger partial charge in [0.05, 0.1) is 17.5 Å². The molecule has 1 aliphatic heterocycles. The van der Waals surface area contributed by atoms with E-state index in [0.717, 1.165) is 55.5 Å². The number of nitrogens with zero attached hydrogens (tertiary/aromatic N) is 2. The molecule has 25 heavy (non-hydrogen) atoms. The molecule has 2 atom stereocenters. The molecule has 2 fully saturated rings. The van der Waals surface area contributed by atoms with Gasteiger partial charge in [0.15, 0.2) is 5.13 Å². The summed E-state index contributed by atoms with van der Waals surface area (Å²) in [7, 11) is 0. The largest absolute Gasteiger partial charge is 0.300 e. The highest BCUT2D eigenvalue weighted by atomic mass is 32.1. The summed E-state index contributed by atoms with van der Waals surface area (Å²) in [4.78, 5) is 44.2. The predicted molar refractivity (Wildman–Crippen MR) is 94.2 cm³/mol. The number of anilines is 1. The number of nitrogens with one attached hydrogen (secondary N) is 1. The van der Waals surface area contributed by atoms with Gasteiger partial charge in [-0.15, -0.1) is 11.3 Å². The quantitative estimate of drug-likeness (QED) is 0.663. The van der Waals surface area contributed by atoms with Crippen LogP contribution in [0.15, 0.2) is 0 Å². The van der Waals surface area contributed by atoms with Gasteiger partial charge in [0, 0.05) is 4.88 Å². The zero-order valence-electron chi connectivity index (χ0n) is 14.3. The third-order valence-electron chi connectivity index (χ3n) is 5.58. The number of carbonyl (C=O) groups is 3. The number of aryl methyl sites for hydroxylation is 2. The lowest BCUT2D eigenvalue weighted by Gasteiger charge is -2.19. The summed E-state index contributed by atoms with van der Waals surface area (Å²) in [6.45, 7) is -0.186. The van der Waals surface area contributed by atoms with Crippen molar-refractivity contribution in [3.05, 3.63) is 10.6 Å². The fourth-order valence-electron chi connectivity index (χ4n) is 4.27. The van der Waals surface area contributed by atoms with E-state index in [2.05, 4.69) is 10.3 Å². The second-order valence-electron chi connectivity index (χ2n) is 7.26. The van der Waals surface area contributed by atoms with Crippen molar-refractivity contribution >= 4 is 34.2 Å². The summed E-state index contributed by atoms with van der Waals surface area (Å²) < 4.78 is 0. The monoisotopic (exact) mass is 361 g/mol. The molecule has 2 heterocycles. The van der Waals surface area contributed by atoms with Crippen molar-refractivity contribution in [3.63, 3.8) is 0 Å². The third kappa shape index (κ3) is 3.21. The summed E-state index contributed by atoms with van der Waals surface area (Å²) >= 11 is 1.53. The van der Waals surface area contributed by atoms with Crippen LogP contribution in [0.5, 0.6) is 0 Å². The van der Waals surface area contributed by atoms with Gasteiger partial charge < -0.3 is 5.32 Å². The van der Waals surface area contributed by atoms with Crippen LogP contribution < -0.4 is 5.32 Å². The number of amides is 3. The summed E-state index contributed by atoms with van der Waals surface area (Å²) in [5.74, 6) is -1.07. The van der Waals surface area contributed by atoms with Crippen LogP contribution in [-0.4, -0.2) is 34.2 Å². The molecule has 0 radical (unpaired) electrons. The third-order valence-corrected chi connectivity index (χ3v) is 6.65. The van der Waals surface area contributed by atoms with E-state index in [1.165, 1.54) is 29.1 Å². The van der Waals surface area contributed by atoms with E-state index in [4.69, 9.17) is 0 Å². The van der Waals surface area contributed by atoms with Gasteiger partial charge in [0.1, 0.15) is 6.54 Å². The van der Waals surface area contributed by atoms with Gasteiger partial charge in [-0.25, -0.2) is 4.98 Å². The van der Waals surface area contributed by atoms with Gasteiger partial charge in [-0.1, -0.05) is 19.3 Å². The molecule has 4 rings (SSSR count). The Morgan fingerprint density at radius 1 is 1.04 bits per heavy atom. The molecule has 1 aromatic heterocycles. The molecule has 0 spiro atoms. The maximum absolute atomic E-state index is 12.4. The first-order valence-corrected chi connectivity index (χ1v) is 10.1. The van der Waals surface area contributed by atoms with E-state index in [0.29, 0.717) is 5.13 Å². The van der Waals surface area contributed by atoms with Crippen molar-refractivity contribution in [3.8, 4) is 0 Å². The van der Waals surface area contributed by atoms with Crippen LogP contribution in [0.1, 0.15) is 55.5 Å². The summed E-state index contributed by atoms with van der Waals surface area (Å²) in [6, 6.07) is 0. The minimum atomic E-state index is -0.329. The maximum Gasteiger partial charge on any atom is 0.246 e. The Kier molecular flexibility index (Phi) is 4.58. The average molecular weight is 361 g/mol. The molecule has 3 amide bonds. The molecule has 1 saturated heterocycles. The first kappa shape index (κ1) is 16.7. The van der Waals surface area contributed by atoms with Gasteiger partial charge in [-0.05, 0) is 38.5 Å². The topological polar surface area (TPSA) is 79.4 Å². The van der Waals surface area contributed by atoms with Crippen LogP contribution in [0.4, 0.5) is 5.13 Å². The number of hydrogen-bond acceptors (Lipinski definition) is 5. The van der Waals surface area contributed by atoms with Crippen molar-refractivity contribution in [1.29, 1.82) is 0 Å². The minimum absolute atomic E-state index is 0.167. The summed E-state index contributed by atoms with van der Waals surface area (Å²) in [5.41, 5.74) is 1.09. The van der Waals surface area contributed by atoms with Crippen LogP contribution in [-0.2, 0) is 27.2 Å². The molecule has 0 unspecified atom stereocenters. The Morgan fingerprint density at radius 2 is 1.72 bits per heavy atom. The zero-order chi connectivity index (χ0) is 17.4. The fraction of sp³-hybridized carbons (Fsp3) is 0.667. The highest BCUT2D eigenvalue weighted by Gasteiger charge is 2.48. The van der Waals surface area contributed by atoms with Gasteiger partial charge >= 0.3 is 0 Å². The average Bonchev–Trinajstić information content (AvgIpc) is 2.99. The van der Waals surface area contributed by atoms with E-state index in [9.17, 15) is 14.4 Å². The minimum Gasteiger partial charge on any atom is -0.300 e. The highest BCUT2D eigenvalue weighted by molar-refractivity contribution is 7.15. The van der Waals surface area contributed by atoms with Crippen LogP contribution in [0, 0.1) is 11.8 Å². The molecule has 7 heteroatoms.